The Morgan fingerprint density at radius 1 is 1.05 bits per heavy atom. The zero-order valence-electron chi connectivity index (χ0n) is 11.1. The van der Waals surface area contributed by atoms with Crippen molar-refractivity contribution in [2.24, 2.45) is 0 Å². The van der Waals surface area contributed by atoms with Crippen LogP contribution in [0.25, 0.3) is 0 Å². The van der Waals surface area contributed by atoms with Gasteiger partial charge in [-0.1, -0.05) is 6.07 Å². The van der Waals surface area contributed by atoms with Gasteiger partial charge < -0.3 is 5.43 Å². The maximum Gasteiger partial charge on any atom is 0.419 e. The van der Waals surface area contributed by atoms with Crippen molar-refractivity contribution < 1.29 is 17.6 Å². The van der Waals surface area contributed by atoms with Crippen molar-refractivity contribution in [3.05, 3.63) is 58.7 Å². The molecule has 20 heavy (non-hydrogen) atoms. The van der Waals surface area contributed by atoms with Crippen LogP contribution >= 0.6 is 0 Å². The Hall–Kier alpha value is -1.98. The van der Waals surface area contributed by atoms with Gasteiger partial charge >= 0.3 is 6.18 Å². The summed E-state index contributed by atoms with van der Waals surface area (Å²) in [5, 5.41) is 0. The predicted octanol–water partition coefficient (Wildman–Crippen LogP) is 4.01. The molecule has 1 N–H and O–H groups in total. The molecule has 0 spiro atoms. The van der Waals surface area contributed by atoms with Gasteiger partial charge in [0, 0.05) is 11.4 Å². The van der Waals surface area contributed by atoms with Crippen LogP contribution in [0.4, 0.5) is 17.6 Å². The normalized spacial score (nSPS) is 11.7. The Labute approximate surface area is 114 Å². The molecule has 0 unspecified atom stereocenters. The number of nitrogens with one attached hydrogen (secondary N) is 1. The van der Waals surface area contributed by atoms with Gasteiger partial charge in [-0.05, 0) is 43.7 Å². The maximum absolute atomic E-state index is 13.2. The minimum atomic E-state index is -4.68. The summed E-state index contributed by atoms with van der Waals surface area (Å²) in [4.78, 5) is 0. The molecule has 6 heteroatoms. The first-order valence-corrected chi connectivity index (χ1v) is 6.03. The zero-order valence-corrected chi connectivity index (χ0v) is 11.1. The molecule has 1 aromatic heterocycles. The van der Waals surface area contributed by atoms with Crippen molar-refractivity contribution in [3.63, 3.8) is 0 Å². The third-order valence-corrected chi connectivity index (χ3v) is 3.05. The van der Waals surface area contributed by atoms with Gasteiger partial charge in [0.15, 0.2) is 0 Å². The van der Waals surface area contributed by atoms with Crippen LogP contribution in [0, 0.1) is 19.7 Å². The van der Waals surface area contributed by atoms with Crippen LogP contribution < -0.4 is 5.43 Å². The van der Waals surface area contributed by atoms with E-state index in [0.717, 1.165) is 23.5 Å². The van der Waals surface area contributed by atoms with Gasteiger partial charge in [0.2, 0.25) is 0 Å². The second kappa shape index (κ2) is 5.19. The molecule has 0 amide bonds. The molecule has 1 heterocycles. The fourth-order valence-corrected chi connectivity index (χ4v) is 1.99. The first-order chi connectivity index (χ1) is 9.29. The van der Waals surface area contributed by atoms with Crippen LogP contribution in [-0.2, 0) is 12.7 Å². The fraction of sp³-hybridized carbons (Fsp3) is 0.286. The molecule has 0 fully saturated rings. The summed E-state index contributed by atoms with van der Waals surface area (Å²) < 4.78 is 52.8. The molecule has 0 aliphatic carbocycles. The van der Waals surface area contributed by atoms with Crippen molar-refractivity contribution in [2.45, 2.75) is 26.6 Å². The Bertz CT molecular complexity index is 595. The van der Waals surface area contributed by atoms with Crippen molar-refractivity contribution in [3.8, 4) is 0 Å². The number of hydrogen-bond acceptors (Lipinski definition) is 1. The molecule has 0 radical (unpaired) electrons. The van der Waals surface area contributed by atoms with E-state index in [9.17, 15) is 17.6 Å². The molecule has 0 aliphatic heterocycles. The fourth-order valence-electron chi connectivity index (χ4n) is 1.99. The first kappa shape index (κ1) is 14.4. The van der Waals surface area contributed by atoms with E-state index in [1.807, 2.05) is 26.0 Å². The Morgan fingerprint density at radius 3 is 2.20 bits per heavy atom. The molecule has 2 aromatic rings. The van der Waals surface area contributed by atoms with Crippen LogP contribution in [0.1, 0.15) is 22.5 Å². The number of alkyl halides is 3. The number of aryl methyl sites for hydroxylation is 2. The van der Waals surface area contributed by atoms with E-state index in [2.05, 4.69) is 5.43 Å². The van der Waals surface area contributed by atoms with Crippen LogP contribution in [0.15, 0.2) is 30.3 Å². The quantitative estimate of drug-likeness (QED) is 0.844. The Morgan fingerprint density at radius 2 is 1.65 bits per heavy atom. The number of nitrogens with zero attached hydrogens (tertiary/aromatic N) is 1. The predicted molar refractivity (Wildman–Crippen MR) is 68.4 cm³/mol. The lowest BCUT2D eigenvalue weighted by atomic mass is 10.1. The van der Waals surface area contributed by atoms with Crippen LogP contribution in [-0.4, -0.2) is 4.68 Å². The van der Waals surface area contributed by atoms with Gasteiger partial charge in [-0.25, -0.2) is 4.39 Å². The van der Waals surface area contributed by atoms with E-state index in [-0.39, 0.29) is 6.54 Å². The first-order valence-electron chi connectivity index (χ1n) is 6.03. The highest BCUT2D eigenvalue weighted by Gasteiger charge is 2.34. The van der Waals surface area contributed by atoms with E-state index < -0.39 is 17.6 Å². The van der Waals surface area contributed by atoms with Gasteiger partial charge in [-0.15, -0.1) is 0 Å². The van der Waals surface area contributed by atoms with E-state index in [1.165, 1.54) is 6.07 Å². The monoisotopic (exact) mass is 286 g/mol. The second-order valence-corrected chi connectivity index (χ2v) is 4.60. The number of halogens is 4. The SMILES string of the molecule is Cc1ccc(C)n1NCc1ccc(F)c(C(F)(F)F)c1. The molecule has 0 saturated heterocycles. The van der Waals surface area contributed by atoms with Crippen molar-refractivity contribution in [1.29, 1.82) is 0 Å². The standard InChI is InChI=1S/C14H14F4N2/c1-9-3-4-10(2)20(9)19-8-11-5-6-13(15)12(7-11)14(16,17)18/h3-7,19H,8H2,1-2H3. The molecule has 2 nitrogen and oxygen atoms in total. The van der Waals surface area contributed by atoms with Crippen LogP contribution in [0.2, 0.25) is 0 Å². The third-order valence-electron chi connectivity index (χ3n) is 3.05. The summed E-state index contributed by atoms with van der Waals surface area (Å²) in [5.74, 6) is -1.26. The maximum atomic E-state index is 13.2. The highest BCUT2D eigenvalue weighted by Crippen LogP contribution is 2.31. The van der Waals surface area contributed by atoms with Crippen LogP contribution in [0.3, 0.4) is 0 Å². The van der Waals surface area contributed by atoms with Gasteiger partial charge in [-0.2, -0.15) is 13.2 Å². The zero-order chi connectivity index (χ0) is 14.9. The highest BCUT2D eigenvalue weighted by atomic mass is 19.4. The van der Waals surface area contributed by atoms with E-state index >= 15 is 0 Å². The van der Waals surface area contributed by atoms with Gasteiger partial charge in [0.25, 0.3) is 0 Å². The Balaban J connectivity index is 2.19. The van der Waals surface area contributed by atoms with Crippen molar-refractivity contribution in [1.82, 2.24) is 4.68 Å². The molecule has 108 valence electrons. The lowest BCUT2D eigenvalue weighted by Crippen LogP contribution is -2.17. The summed E-state index contributed by atoms with van der Waals surface area (Å²) in [6.07, 6.45) is -4.68. The second-order valence-electron chi connectivity index (χ2n) is 4.60. The molecular formula is C14H14F4N2. The van der Waals surface area contributed by atoms with Gasteiger partial charge in [-0.3, -0.25) is 4.68 Å². The number of rotatable bonds is 3. The topological polar surface area (TPSA) is 17.0 Å². The van der Waals surface area contributed by atoms with Gasteiger partial charge in [0.05, 0.1) is 12.1 Å². The van der Waals surface area contributed by atoms with E-state index in [4.69, 9.17) is 0 Å². The molecule has 2 rings (SSSR count). The molecule has 0 bridgehead atoms. The third kappa shape index (κ3) is 2.95. The molecular weight excluding hydrogens is 272 g/mol. The van der Waals surface area contributed by atoms with Crippen molar-refractivity contribution in [2.75, 3.05) is 5.43 Å². The average molecular weight is 286 g/mol. The molecule has 0 aliphatic rings. The molecule has 1 aromatic carbocycles. The number of aromatic nitrogens is 1. The van der Waals surface area contributed by atoms with Crippen LogP contribution in [0.5, 0.6) is 0 Å². The number of hydrogen-bond donors (Lipinski definition) is 1. The minimum Gasteiger partial charge on any atom is -0.322 e. The minimum absolute atomic E-state index is 0.180. The highest BCUT2D eigenvalue weighted by molar-refractivity contribution is 5.28. The van der Waals surface area contributed by atoms with E-state index in [0.29, 0.717) is 5.56 Å². The lowest BCUT2D eigenvalue weighted by molar-refractivity contribution is -0.140. The summed E-state index contributed by atoms with van der Waals surface area (Å²) >= 11 is 0. The summed E-state index contributed by atoms with van der Waals surface area (Å²) in [6, 6.07) is 6.81. The number of benzene rings is 1. The smallest absolute Gasteiger partial charge is 0.322 e. The molecule has 0 saturated carbocycles. The summed E-state index contributed by atoms with van der Waals surface area (Å²) in [6.45, 7) is 3.94. The largest absolute Gasteiger partial charge is 0.419 e. The lowest BCUT2D eigenvalue weighted by Gasteiger charge is -2.14. The summed E-state index contributed by atoms with van der Waals surface area (Å²) in [7, 11) is 0. The van der Waals surface area contributed by atoms with E-state index in [1.54, 1.807) is 4.68 Å². The van der Waals surface area contributed by atoms with Crippen molar-refractivity contribution >= 4 is 0 Å². The molecule has 0 atom stereocenters. The van der Waals surface area contributed by atoms with Gasteiger partial charge in [0.1, 0.15) is 5.82 Å². The average Bonchev–Trinajstić information content (AvgIpc) is 2.67. The summed E-state index contributed by atoms with van der Waals surface area (Å²) in [5.41, 5.74) is 4.02. The Kier molecular flexibility index (Phi) is 3.74.